The molecule has 1 unspecified atom stereocenters. The first-order chi connectivity index (χ1) is 10.4. The van der Waals surface area contributed by atoms with Gasteiger partial charge in [0.1, 0.15) is 12.6 Å². The summed E-state index contributed by atoms with van der Waals surface area (Å²) in [4.78, 5) is 0. The van der Waals surface area contributed by atoms with Gasteiger partial charge in [0, 0.05) is 5.92 Å². The van der Waals surface area contributed by atoms with Crippen LogP contribution in [0.1, 0.15) is 17.0 Å². The predicted molar refractivity (Wildman–Crippen MR) is 84.7 cm³/mol. The van der Waals surface area contributed by atoms with Crippen LogP contribution in [0, 0.1) is 0 Å². The van der Waals surface area contributed by atoms with E-state index in [0.717, 1.165) is 19.6 Å². The Balaban J connectivity index is 1.68. The van der Waals surface area contributed by atoms with Crippen LogP contribution in [0.4, 0.5) is 0 Å². The van der Waals surface area contributed by atoms with Crippen LogP contribution in [0.15, 0.2) is 60.7 Å². The second-order valence-electron chi connectivity index (χ2n) is 5.77. The number of benzene rings is 2. The molecule has 2 aliphatic heterocycles. The topological polar surface area (TPSA) is 27.1 Å². The smallest absolute Gasteiger partial charge is 0.275 e. The van der Waals surface area contributed by atoms with Crippen LogP contribution < -0.4 is 10.6 Å². The van der Waals surface area contributed by atoms with Gasteiger partial charge in [-0.2, -0.15) is 0 Å². The van der Waals surface area contributed by atoms with Gasteiger partial charge in [-0.25, -0.2) is 0 Å². The summed E-state index contributed by atoms with van der Waals surface area (Å²) in [7, 11) is 0. The average Bonchev–Trinajstić information content (AvgIpc) is 3.11. The van der Waals surface area contributed by atoms with Crippen LogP contribution in [-0.2, 0) is 0 Å². The highest BCUT2D eigenvalue weighted by atomic mass is 15.4. The minimum atomic E-state index is 0.382. The quantitative estimate of drug-likeness (QED) is 0.837. The lowest BCUT2D eigenvalue weighted by molar-refractivity contribution is -0.511. The van der Waals surface area contributed by atoms with Gasteiger partial charge in [-0.3, -0.25) is 15.2 Å². The number of guanidine groups is 1. The van der Waals surface area contributed by atoms with E-state index < -0.39 is 0 Å². The lowest BCUT2D eigenvalue weighted by Crippen LogP contribution is -2.41. The van der Waals surface area contributed by atoms with E-state index in [1.807, 2.05) is 0 Å². The molecule has 0 saturated carbocycles. The Morgan fingerprint density at radius 1 is 0.905 bits per heavy atom. The zero-order chi connectivity index (χ0) is 14.1. The third-order valence-electron chi connectivity index (χ3n) is 4.45. The van der Waals surface area contributed by atoms with Crippen molar-refractivity contribution in [2.75, 3.05) is 19.6 Å². The Labute approximate surface area is 125 Å². The van der Waals surface area contributed by atoms with Gasteiger partial charge in [0.25, 0.3) is 0 Å². The number of hydrogen-bond acceptors (Lipinski definition) is 2. The van der Waals surface area contributed by atoms with Crippen molar-refractivity contribution in [2.45, 2.75) is 12.0 Å². The fourth-order valence-corrected chi connectivity index (χ4v) is 3.48. The molecule has 21 heavy (non-hydrogen) atoms. The van der Waals surface area contributed by atoms with Crippen molar-refractivity contribution in [3.8, 4) is 0 Å². The van der Waals surface area contributed by atoms with E-state index in [1.165, 1.54) is 17.1 Å². The molecule has 1 atom stereocenters. The molecule has 3 nitrogen and oxygen atoms in total. The Hall–Kier alpha value is -2.29. The molecule has 0 saturated heterocycles. The van der Waals surface area contributed by atoms with E-state index in [2.05, 4.69) is 75.9 Å². The first kappa shape index (κ1) is 12.5. The second-order valence-corrected chi connectivity index (χ2v) is 5.77. The minimum Gasteiger partial charge on any atom is -0.275 e. The molecule has 0 aliphatic carbocycles. The Morgan fingerprint density at radius 2 is 1.52 bits per heavy atom. The fourth-order valence-electron chi connectivity index (χ4n) is 3.48. The molecular formula is C18H20N3+. The standard InChI is InChI=1S/C18H19N3/c1-3-7-14(8-4-1)17(15-9-5-2-6-10-15)16-13-21-12-11-19-18(21)20-16/h1-10,16-17H,11-13H2,(H,19,20)/p+1. The third kappa shape index (κ3) is 2.29. The Morgan fingerprint density at radius 3 is 2.10 bits per heavy atom. The van der Waals surface area contributed by atoms with Crippen molar-refractivity contribution in [3.63, 3.8) is 0 Å². The van der Waals surface area contributed by atoms with E-state index in [9.17, 15) is 0 Å². The van der Waals surface area contributed by atoms with Crippen molar-refractivity contribution in [3.05, 3.63) is 71.8 Å². The molecule has 0 radical (unpaired) electrons. The number of nitrogens with one attached hydrogen (secondary N) is 2. The molecule has 2 aromatic carbocycles. The highest BCUT2D eigenvalue weighted by Crippen LogP contribution is 2.29. The Bertz CT molecular complexity index is 593. The maximum absolute atomic E-state index is 3.68. The first-order valence-electron chi connectivity index (χ1n) is 7.64. The second kappa shape index (κ2) is 5.24. The molecule has 2 aliphatic rings. The predicted octanol–water partition coefficient (Wildman–Crippen LogP) is 1.76. The summed E-state index contributed by atoms with van der Waals surface area (Å²) in [5, 5.41) is 7.12. The van der Waals surface area contributed by atoms with Crippen molar-refractivity contribution < 1.29 is 4.58 Å². The minimum absolute atomic E-state index is 0.382. The third-order valence-corrected chi connectivity index (χ3v) is 4.45. The van der Waals surface area contributed by atoms with Gasteiger partial charge in [-0.05, 0) is 11.1 Å². The molecule has 2 aromatic rings. The van der Waals surface area contributed by atoms with Crippen molar-refractivity contribution in [1.29, 1.82) is 0 Å². The van der Waals surface area contributed by atoms with Gasteiger partial charge in [-0.15, -0.1) is 0 Å². The van der Waals surface area contributed by atoms with Crippen LogP contribution in [0.25, 0.3) is 0 Å². The summed E-state index contributed by atoms with van der Waals surface area (Å²) < 4.78 is 2.42. The summed E-state index contributed by atoms with van der Waals surface area (Å²) in [6.45, 7) is 3.22. The van der Waals surface area contributed by atoms with Gasteiger partial charge in [-0.1, -0.05) is 60.7 Å². The Kier molecular flexibility index (Phi) is 3.11. The molecule has 4 rings (SSSR count). The summed E-state index contributed by atoms with van der Waals surface area (Å²) in [5.74, 6) is 1.59. The van der Waals surface area contributed by atoms with Gasteiger partial charge in [0.05, 0.1) is 13.1 Å². The van der Waals surface area contributed by atoms with Crippen LogP contribution in [-0.4, -0.2) is 36.2 Å². The first-order valence-corrected chi connectivity index (χ1v) is 7.64. The summed E-state index contributed by atoms with van der Waals surface area (Å²) >= 11 is 0. The number of nitrogens with zero attached hydrogens (tertiary/aromatic N) is 1. The summed E-state index contributed by atoms with van der Waals surface area (Å²) in [6.07, 6.45) is 0. The van der Waals surface area contributed by atoms with E-state index in [0.29, 0.717) is 12.0 Å². The van der Waals surface area contributed by atoms with Crippen molar-refractivity contribution in [2.24, 2.45) is 0 Å². The van der Waals surface area contributed by atoms with Crippen LogP contribution >= 0.6 is 0 Å². The van der Waals surface area contributed by atoms with Crippen LogP contribution in [0.2, 0.25) is 0 Å². The molecular weight excluding hydrogens is 258 g/mol. The molecule has 2 N–H and O–H groups in total. The van der Waals surface area contributed by atoms with Gasteiger partial charge in [0.15, 0.2) is 0 Å². The molecule has 2 heterocycles. The maximum atomic E-state index is 3.68. The molecule has 0 fully saturated rings. The normalized spacial score (nSPS) is 20.3. The van der Waals surface area contributed by atoms with E-state index in [1.54, 1.807) is 0 Å². The molecule has 0 spiro atoms. The largest absolute Gasteiger partial charge is 0.346 e. The van der Waals surface area contributed by atoms with Crippen molar-refractivity contribution >= 4 is 5.96 Å². The average molecular weight is 278 g/mol. The molecule has 106 valence electrons. The SMILES string of the molecule is c1ccc(C(c2ccccc2)C2C[N+]3=C(NCC3)N2)cc1. The van der Waals surface area contributed by atoms with Gasteiger partial charge >= 0.3 is 5.96 Å². The van der Waals surface area contributed by atoms with Gasteiger partial charge in [0.2, 0.25) is 0 Å². The highest BCUT2D eigenvalue weighted by molar-refractivity contribution is 5.77. The molecule has 3 heteroatoms. The zero-order valence-corrected chi connectivity index (χ0v) is 12.0. The zero-order valence-electron chi connectivity index (χ0n) is 12.0. The summed E-state index contributed by atoms with van der Waals surface area (Å²) in [5.41, 5.74) is 2.76. The van der Waals surface area contributed by atoms with Crippen molar-refractivity contribution in [1.82, 2.24) is 10.6 Å². The van der Waals surface area contributed by atoms with E-state index in [-0.39, 0.29) is 0 Å². The molecule has 0 aromatic heterocycles. The highest BCUT2D eigenvalue weighted by Gasteiger charge is 2.38. The van der Waals surface area contributed by atoms with Crippen LogP contribution in [0.3, 0.4) is 0 Å². The van der Waals surface area contributed by atoms with E-state index >= 15 is 0 Å². The molecule has 0 amide bonds. The number of rotatable bonds is 3. The lowest BCUT2D eigenvalue weighted by atomic mass is 9.85. The van der Waals surface area contributed by atoms with E-state index in [4.69, 9.17) is 0 Å². The summed E-state index contributed by atoms with van der Waals surface area (Å²) in [6, 6.07) is 22.1. The fraction of sp³-hybridized carbons (Fsp3) is 0.278. The molecule has 0 bridgehead atoms. The lowest BCUT2D eigenvalue weighted by Gasteiger charge is -2.23. The monoisotopic (exact) mass is 278 g/mol. The maximum Gasteiger partial charge on any atom is 0.346 e. The number of hydrogen-bond donors (Lipinski definition) is 2. The van der Waals surface area contributed by atoms with Gasteiger partial charge < -0.3 is 0 Å². The van der Waals surface area contributed by atoms with Crippen LogP contribution in [0.5, 0.6) is 0 Å².